The molecule has 0 amide bonds. The number of Topliss-reactive ketones (excluding diaryl/α,β-unsaturated/α-hetero) is 1. The number of methoxy groups -OCH3 is 1. The van der Waals surface area contributed by atoms with Crippen LogP contribution in [0.4, 0.5) is 0 Å². The Morgan fingerprint density at radius 1 is 1.69 bits per heavy atom. The van der Waals surface area contributed by atoms with Gasteiger partial charge in [0.15, 0.2) is 0 Å². The van der Waals surface area contributed by atoms with E-state index in [4.69, 9.17) is 0 Å². The number of ketones is 1. The van der Waals surface area contributed by atoms with Gasteiger partial charge in [-0.3, -0.25) is 9.59 Å². The van der Waals surface area contributed by atoms with Gasteiger partial charge in [-0.05, 0) is 18.3 Å². The number of rotatable bonds is 2. The lowest BCUT2D eigenvalue weighted by Crippen LogP contribution is -2.33. The number of esters is 1. The molecule has 2 atom stereocenters. The van der Waals surface area contributed by atoms with Gasteiger partial charge in [0.1, 0.15) is 11.7 Å². The third kappa shape index (κ3) is 1.60. The zero-order valence-electron chi connectivity index (χ0n) is 8.42. The molecule has 0 aromatic heterocycles. The highest BCUT2D eigenvalue weighted by molar-refractivity contribution is 6.01. The maximum absolute atomic E-state index is 11.4. The molecule has 3 nitrogen and oxygen atoms in total. The summed E-state index contributed by atoms with van der Waals surface area (Å²) in [6.45, 7) is 3.99. The van der Waals surface area contributed by atoms with Crippen LogP contribution in [0.3, 0.4) is 0 Å². The van der Waals surface area contributed by atoms with Gasteiger partial charge in [0.05, 0.1) is 7.11 Å². The highest BCUT2D eigenvalue weighted by Gasteiger charge is 2.48. The Labute approximate surface area is 78.5 Å². The second kappa shape index (κ2) is 3.48. The Morgan fingerprint density at radius 2 is 2.31 bits per heavy atom. The van der Waals surface area contributed by atoms with Crippen LogP contribution in [0.5, 0.6) is 0 Å². The van der Waals surface area contributed by atoms with Gasteiger partial charge in [-0.2, -0.15) is 0 Å². The first-order valence-corrected chi connectivity index (χ1v) is 4.65. The molecule has 74 valence electrons. The van der Waals surface area contributed by atoms with Crippen molar-refractivity contribution in [1.29, 1.82) is 0 Å². The highest BCUT2D eigenvalue weighted by atomic mass is 16.5. The number of carbonyl (C=O) groups is 2. The van der Waals surface area contributed by atoms with E-state index in [1.54, 1.807) is 0 Å². The van der Waals surface area contributed by atoms with E-state index in [0.717, 1.165) is 12.8 Å². The van der Waals surface area contributed by atoms with Crippen LogP contribution in [-0.2, 0) is 14.3 Å². The first kappa shape index (κ1) is 10.2. The molecule has 0 saturated heterocycles. The summed E-state index contributed by atoms with van der Waals surface area (Å²) in [5.41, 5.74) is -0.176. The van der Waals surface area contributed by atoms with E-state index in [0.29, 0.717) is 6.42 Å². The smallest absolute Gasteiger partial charge is 0.316 e. The van der Waals surface area contributed by atoms with Gasteiger partial charge in [-0.15, -0.1) is 0 Å². The van der Waals surface area contributed by atoms with Crippen molar-refractivity contribution in [2.45, 2.75) is 33.1 Å². The SMILES string of the molecule is CC[C@@]1(C)CCC(=O)C1C(=O)OC. The Balaban J connectivity index is 2.89. The standard InChI is InChI=1S/C10H16O3/c1-4-10(2)6-5-7(11)8(10)9(12)13-3/h8H,4-6H2,1-3H3/t8?,10-/m0/s1. The summed E-state index contributed by atoms with van der Waals surface area (Å²) in [4.78, 5) is 22.8. The van der Waals surface area contributed by atoms with Gasteiger partial charge in [-0.25, -0.2) is 0 Å². The van der Waals surface area contributed by atoms with Crippen molar-refractivity contribution in [3.8, 4) is 0 Å². The van der Waals surface area contributed by atoms with Gasteiger partial charge in [0.2, 0.25) is 0 Å². The summed E-state index contributed by atoms with van der Waals surface area (Å²) in [5.74, 6) is -0.856. The monoisotopic (exact) mass is 184 g/mol. The number of ether oxygens (including phenoxy) is 1. The largest absolute Gasteiger partial charge is 0.468 e. The van der Waals surface area contributed by atoms with Crippen molar-refractivity contribution in [3.63, 3.8) is 0 Å². The molecule has 0 bridgehead atoms. The number of carbonyl (C=O) groups excluding carboxylic acids is 2. The predicted octanol–water partition coefficient (Wildman–Crippen LogP) is 1.55. The van der Waals surface area contributed by atoms with Crippen molar-refractivity contribution in [2.24, 2.45) is 11.3 Å². The lowest BCUT2D eigenvalue weighted by molar-refractivity contribution is -0.152. The topological polar surface area (TPSA) is 43.4 Å². The summed E-state index contributed by atoms with van der Waals surface area (Å²) in [5, 5.41) is 0. The van der Waals surface area contributed by atoms with Crippen LogP contribution < -0.4 is 0 Å². The number of hydrogen-bond acceptors (Lipinski definition) is 3. The Hall–Kier alpha value is -0.860. The van der Waals surface area contributed by atoms with Crippen LogP contribution in [-0.4, -0.2) is 18.9 Å². The molecule has 0 aliphatic heterocycles. The van der Waals surface area contributed by atoms with Gasteiger partial charge in [0.25, 0.3) is 0 Å². The molecule has 1 fully saturated rings. The average molecular weight is 184 g/mol. The molecule has 1 saturated carbocycles. The van der Waals surface area contributed by atoms with Crippen LogP contribution in [0, 0.1) is 11.3 Å². The molecule has 0 radical (unpaired) electrons. The van der Waals surface area contributed by atoms with Crippen LogP contribution in [0.2, 0.25) is 0 Å². The van der Waals surface area contributed by atoms with E-state index in [1.807, 2.05) is 13.8 Å². The fourth-order valence-electron chi connectivity index (χ4n) is 2.00. The summed E-state index contributed by atoms with van der Waals surface area (Å²) in [6, 6.07) is 0. The molecule has 0 spiro atoms. The third-order valence-electron chi connectivity index (χ3n) is 3.21. The zero-order valence-corrected chi connectivity index (χ0v) is 8.42. The first-order valence-electron chi connectivity index (χ1n) is 4.65. The van der Waals surface area contributed by atoms with Crippen molar-refractivity contribution >= 4 is 11.8 Å². The van der Waals surface area contributed by atoms with E-state index in [2.05, 4.69) is 4.74 Å². The summed E-state index contributed by atoms with van der Waals surface area (Å²) in [7, 11) is 1.34. The molecular weight excluding hydrogens is 168 g/mol. The molecule has 0 aromatic rings. The van der Waals surface area contributed by atoms with E-state index >= 15 is 0 Å². The molecule has 1 aliphatic rings. The molecule has 0 aromatic carbocycles. The van der Waals surface area contributed by atoms with Gasteiger partial charge >= 0.3 is 5.97 Å². The molecule has 1 rings (SSSR count). The van der Waals surface area contributed by atoms with Crippen LogP contribution in [0.1, 0.15) is 33.1 Å². The maximum Gasteiger partial charge on any atom is 0.316 e. The molecule has 1 unspecified atom stereocenters. The van der Waals surface area contributed by atoms with E-state index in [9.17, 15) is 9.59 Å². The average Bonchev–Trinajstić information content (AvgIpc) is 2.43. The van der Waals surface area contributed by atoms with Crippen molar-refractivity contribution in [1.82, 2.24) is 0 Å². The molecule has 0 heterocycles. The Kier molecular flexibility index (Phi) is 2.74. The molecule has 0 N–H and O–H groups in total. The van der Waals surface area contributed by atoms with Crippen molar-refractivity contribution in [3.05, 3.63) is 0 Å². The normalized spacial score (nSPS) is 33.5. The minimum absolute atomic E-state index is 0.0381. The fourth-order valence-corrected chi connectivity index (χ4v) is 2.00. The van der Waals surface area contributed by atoms with Gasteiger partial charge in [0, 0.05) is 6.42 Å². The molecule has 13 heavy (non-hydrogen) atoms. The lowest BCUT2D eigenvalue weighted by atomic mass is 9.77. The summed E-state index contributed by atoms with van der Waals surface area (Å²) < 4.78 is 4.64. The molecule has 1 aliphatic carbocycles. The molecular formula is C10H16O3. The van der Waals surface area contributed by atoms with Crippen molar-refractivity contribution in [2.75, 3.05) is 7.11 Å². The lowest BCUT2D eigenvalue weighted by Gasteiger charge is -2.26. The second-order valence-corrected chi connectivity index (χ2v) is 3.93. The van der Waals surface area contributed by atoms with Gasteiger partial charge in [-0.1, -0.05) is 13.8 Å². The minimum atomic E-state index is -0.525. The quantitative estimate of drug-likeness (QED) is 0.483. The second-order valence-electron chi connectivity index (χ2n) is 3.93. The third-order valence-corrected chi connectivity index (χ3v) is 3.21. The summed E-state index contributed by atoms with van der Waals surface area (Å²) >= 11 is 0. The van der Waals surface area contributed by atoms with E-state index in [1.165, 1.54) is 7.11 Å². The minimum Gasteiger partial charge on any atom is -0.468 e. The van der Waals surface area contributed by atoms with Crippen LogP contribution in [0.15, 0.2) is 0 Å². The number of hydrogen-bond donors (Lipinski definition) is 0. The fraction of sp³-hybridized carbons (Fsp3) is 0.800. The summed E-state index contributed by atoms with van der Waals surface area (Å²) in [6.07, 6.45) is 2.17. The first-order chi connectivity index (χ1) is 6.05. The van der Waals surface area contributed by atoms with E-state index in [-0.39, 0.29) is 17.2 Å². The highest BCUT2D eigenvalue weighted by Crippen LogP contribution is 2.43. The zero-order chi connectivity index (χ0) is 10.1. The van der Waals surface area contributed by atoms with Crippen LogP contribution in [0.25, 0.3) is 0 Å². The van der Waals surface area contributed by atoms with Crippen LogP contribution >= 0.6 is 0 Å². The van der Waals surface area contributed by atoms with Gasteiger partial charge < -0.3 is 4.74 Å². The predicted molar refractivity (Wildman–Crippen MR) is 48.1 cm³/mol. The Bertz CT molecular complexity index is 234. The van der Waals surface area contributed by atoms with E-state index < -0.39 is 5.92 Å². The van der Waals surface area contributed by atoms with Crippen molar-refractivity contribution < 1.29 is 14.3 Å². The molecule has 3 heteroatoms. The Morgan fingerprint density at radius 3 is 2.77 bits per heavy atom. The maximum atomic E-state index is 11.4.